The molecule has 1 aliphatic heterocycles. The fourth-order valence-corrected chi connectivity index (χ4v) is 13.0. The number of aliphatic hydroxyl groups excluding tert-OH is 1. The van der Waals surface area contributed by atoms with Crippen molar-refractivity contribution in [2.45, 2.75) is 78.7 Å². The topological polar surface area (TPSA) is 154 Å². The Kier molecular flexibility index (Phi) is 7.88. The highest BCUT2D eigenvalue weighted by Crippen LogP contribution is 2.72. The number of rotatable bonds is 8. The molecule has 10 nitrogen and oxygen atoms in total. The van der Waals surface area contributed by atoms with Crippen molar-refractivity contribution >= 4 is 29.8 Å². The van der Waals surface area contributed by atoms with Crippen molar-refractivity contribution in [3.63, 3.8) is 0 Å². The summed E-state index contributed by atoms with van der Waals surface area (Å²) in [5.74, 6) is -3.44. The minimum Gasteiger partial charge on any atom is -0.481 e. The van der Waals surface area contributed by atoms with Crippen molar-refractivity contribution in [3.05, 3.63) is 0 Å². The Bertz CT molecular complexity index is 1300. The summed E-state index contributed by atoms with van der Waals surface area (Å²) >= 11 is 0. The van der Waals surface area contributed by atoms with Crippen molar-refractivity contribution in [2.75, 3.05) is 13.2 Å². The van der Waals surface area contributed by atoms with E-state index in [2.05, 4.69) is 6.92 Å². The van der Waals surface area contributed by atoms with Gasteiger partial charge in [-0.3, -0.25) is 24.0 Å². The lowest BCUT2D eigenvalue weighted by molar-refractivity contribution is -0.165. The second-order valence-corrected chi connectivity index (χ2v) is 17.1. The van der Waals surface area contributed by atoms with Gasteiger partial charge in [0.15, 0.2) is 0 Å². The molecule has 0 aromatic rings. The van der Waals surface area contributed by atoms with Crippen molar-refractivity contribution in [3.8, 4) is 0 Å². The third-order valence-corrected chi connectivity index (χ3v) is 14.1. The van der Waals surface area contributed by atoms with Gasteiger partial charge in [-0.05, 0) is 130 Å². The van der Waals surface area contributed by atoms with E-state index in [1.165, 1.54) is 0 Å². The van der Waals surface area contributed by atoms with Crippen molar-refractivity contribution < 1.29 is 48.4 Å². The van der Waals surface area contributed by atoms with Gasteiger partial charge in [0.25, 0.3) is 0 Å². The summed E-state index contributed by atoms with van der Waals surface area (Å²) in [7, 11) is 0. The van der Waals surface area contributed by atoms with Crippen LogP contribution in [0, 0.1) is 101 Å². The molecule has 46 heavy (non-hydrogen) atoms. The third-order valence-electron chi connectivity index (χ3n) is 14.1. The summed E-state index contributed by atoms with van der Waals surface area (Å²) < 4.78 is 16.5. The van der Waals surface area contributed by atoms with Crippen LogP contribution in [0.2, 0.25) is 0 Å². The number of fused-ring (bicyclic) bond motifs is 6. The van der Waals surface area contributed by atoms with Crippen LogP contribution in [0.1, 0.15) is 73.1 Å². The molecule has 2 N–H and O–H groups in total. The molecule has 1 heterocycles. The molecule has 254 valence electrons. The average Bonchev–Trinajstić information content (AvgIpc) is 3.82. The van der Waals surface area contributed by atoms with Crippen LogP contribution >= 0.6 is 0 Å². The van der Waals surface area contributed by atoms with E-state index < -0.39 is 47.2 Å². The molecule has 6 bridgehead atoms. The quantitative estimate of drug-likeness (QED) is 0.226. The first-order valence-corrected chi connectivity index (χ1v) is 17.7. The van der Waals surface area contributed by atoms with Gasteiger partial charge >= 0.3 is 29.8 Å². The highest BCUT2D eigenvalue weighted by molar-refractivity contribution is 5.96. The van der Waals surface area contributed by atoms with Crippen LogP contribution in [0.4, 0.5) is 0 Å². The number of esters is 4. The molecule has 7 aliphatic rings. The highest BCUT2D eigenvalue weighted by Gasteiger charge is 2.70. The van der Waals surface area contributed by atoms with Gasteiger partial charge in [0.05, 0.1) is 36.2 Å². The summed E-state index contributed by atoms with van der Waals surface area (Å²) in [6.07, 6.45) is 4.62. The Labute approximate surface area is 270 Å². The molecular weight excluding hydrogens is 592 g/mol. The largest absolute Gasteiger partial charge is 0.481 e. The van der Waals surface area contributed by atoms with E-state index in [4.69, 9.17) is 14.2 Å². The average molecular weight is 643 g/mol. The zero-order chi connectivity index (χ0) is 33.0. The van der Waals surface area contributed by atoms with Gasteiger partial charge in [0, 0.05) is 0 Å². The maximum absolute atomic E-state index is 13.5. The minimum atomic E-state index is -0.766. The molecule has 10 heteroatoms. The summed E-state index contributed by atoms with van der Waals surface area (Å²) in [5, 5.41) is 19.7. The second-order valence-electron chi connectivity index (χ2n) is 17.1. The first kappa shape index (κ1) is 32.1. The van der Waals surface area contributed by atoms with Gasteiger partial charge in [-0.1, -0.05) is 13.8 Å². The maximum atomic E-state index is 13.5. The number of carbonyl (C=O) groups excluding carboxylic acids is 4. The van der Waals surface area contributed by atoms with Crippen LogP contribution in [0.3, 0.4) is 0 Å². The number of hydrogen-bond donors (Lipinski definition) is 2. The predicted molar refractivity (Wildman–Crippen MR) is 161 cm³/mol. The predicted octanol–water partition coefficient (Wildman–Crippen LogP) is 3.97. The molecule has 1 saturated heterocycles. The van der Waals surface area contributed by atoms with Gasteiger partial charge in [-0.2, -0.15) is 0 Å². The number of aliphatic hydroxyl groups is 1. The number of ether oxygens (including phenoxy) is 3. The number of hydrogen-bond acceptors (Lipinski definition) is 9. The minimum absolute atomic E-state index is 0.0220. The van der Waals surface area contributed by atoms with Gasteiger partial charge in [-0.15, -0.1) is 0 Å². The van der Waals surface area contributed by atoms with E-state index in [1.807, 2.05) is 20.8 Å². The van der Waals surface area contributed by atoms with Gasteiger partial charge in [0.2, 0.25) is 0 Å². The zero-order valence-electron chi connectivity index (χ0n) is 27.6. The molecule has 0 radical (unpaired) electrons. The molecule has 0 aromatic heterocycles. The summed E-state index contributed by atoms with van der Waals surface area (Å²) in [4.78, 5) is 65.6. The molecule has 6 saturated carbocycles. The van der Waals surface area contributed by atoms with E-state index in [0.717, 1.165) is 25.7 Å². The van der Waals surface area contributed by atoms with E-state index in [-0.39, 0.29) is 90.2 Å². The Morgan fingerprint density at radius 2 is 1.28 bits per heavy atom. The van der Waals surface area contributed by atoms with Crippen molar-refractivity contribution in [2.24, 2.45) is 101 Å². The fourth-order valence-electron chi connectivity index (χ4n) is 13.0. The lowest BCUT2D eigenvalue weighted by atomic mass is 9.53. The van der Waals surface area contributed by atoms with Crippen LogP contribution in [-0.2, 0) is 38.2 Å². The number of cyclic esters (lactones) is 2. The Hall–Kier alpha value is -2.49. The Morgan fingerprint density at radius 3 is 1.85 bits per heavy atom. The monoisotopic (exact) mass is 642 g/mol. The Balaban J connectivity index is 1.26. The van der Waals surface area contributed by atoms with Crippen LogP contribution < -0.4 is 0 Å². The number of carboxylic acids is 1. The molecule has 17 unspecified atom stereocenters. The highest BCUT2D eigenvalue weighted by atomic mass is 16.6. The summed E-state index contributed by atoms with van der Waals surface area (Å²) in [6, 6.07) is 0. The summed E-state index contributed by atoms with van der Waals surface area (Å²) in [6.45, 7) is 9.40. The molecular formula is C36H50O10. The lowest BCUT2D eigenvalue weighted by Crippen LogP contribution is -2.50. The van der Waals surface area contributed by atoms with Crippen molar-refractivity contribution in [1.82, 2.24) is 0 Å². The van der Waals surface area contributed by atoms with Crippen LogP contribution in [-0.4, -0.2) is 58.9 Å². The second kappa shape index (κ2) is 11.3. The molecule has 6 aliphatic carbocycles. The molecule has 17 atom stereocenters. The first-order chi connectivity index (χ1) is 21.7. The smallest absolute Gasteiger partial charge is 0.317 e. The molecule has 7 rings (SSSR count). The number of aliphatic carboxylic acids is 1. The standard InChI is InChI=1S/C36H50O10/c1-14-16-8-20(24(9-16)34(42)46-36(3,4)5)25(14)27-17-10-19(22(12-17)31(38)39)30(27)28-18-11-21(23(13-18)33(41)44-7-6-37)29(28)26-15(2)32(40)45-35(26)43/h14-30,37H,6-13H2,1-5H3,(H,38,39). The Morgan fingerprint density at radius 1 is 0.739 bits per heavy atom. The maximum Gasteiger partial charge on any atom is 0.317 e. The van der Waals surface area contributed by atoms with Gasteiger partial charge < -0.3 is 24.4 Å². The zero-order valence-corrected chi connectivity index (χ0v) is 27.6. The molecule has 0 amide bonds. The number of carboxylic acid groups (broad SMARTS) is 1. The number of carbonyl (C=O) groups is 5. The lowest BCUT2D eigenvalue weighted by Gasteiger charge is -2.51. The molecule has 7 fully saturated rings. The van der Waals surface area contributed by atoms with Gasteiger partial charge in [-0.25, -0.2) is 0 Å². The fraction of sp³-hybridized carbons (Fsp3) is 0.861. The summed E-state index contributed by atoms with van der Waals surface area (Å²) in [5.41, 5.74) is -0.571. The van der Waals surface area contributed by atoms with E-state index in [9.17, 15) is 34.2 Å². The van der Waals surface area contributed by atoms with Gasteiger partial charge in [0.1, 0.15) is 12.2 Å². The SMILES string of the molecule is CC1C(=O)OC(=O)C1C1C2CC(CC2C(=O)OCCO)C1C1C2CC(CC2C(=O)O)C1C1C(C)C2CC(C(=O)OC(C)(C)C)C1C2. The van der Waals surface area contributed by atoms with E-state index in [1.54, 1.807) is 6.92 Å². The van der Waals surface area contributed by atoms with E-state index >= 15 is 0 Å². The normalized spacial score (nSPS) is 48.7. The molecule has 0 spiro atoms. The first-order valence-electron chi connectivity index (χ1n) is 17.7. The van der Waals surface area contributed by atoms with Crippen LogP contribution in [0.15, 0.2) is 0 Å². The van der Waals surface area contributed by atoms with E-state index in [0.29, 0.717) is 24.7 Å². The third kappa shape index (κ3) is 4.85. The van der Waals surface area contributed by atoms with Crippen molar-refractivity contribution in [1.29, 1.82) is 0 Å². The molecule has 0 aromatic carbocycles. The van der Waals surface area contributed by atoms with Crippen LogP contribution in [0.25, 0.3) is 0 Å². The van der Waals surface area contributed by atoms with Crippen LogP contribution in [0.5, 0.6) is 0 Å².